The first-order valence-corrected chi connectivity index (χ1v) is 13.0. The third-order valence-electron chi connectivity index (χ3n) is 7.07. The highest BCUT2D eigenvalue weighted by Crippen LogP contribution is 2.40. The molecule has 4 aromatic rings. The van der Waals surface area contributed by atoms with E-state index in [0.717, 1.165) is 11.1 Å². The summed E-state index contributed by atoms with van der Waals surface area (Å²) < 4.78 is 58.3. The van der Waals surface area contributed by atoms with Crippen LogP contribution in [0.1, 0.15) is 18.4 Å². The van der Waals surface area contributed by atoms with Gasteiger partial charge in [-0.15, -0.1) is 0 Å². The van der Waals surface area contributed by atoms with E-state index in [-0.39, 0.29) is 11.7 Å². The average molecular weight is 553 g/mol. The van der Waals surface area contributed by atoms with Crippen LogP contribution >= 0.6 is 0 Å². The van der Waals surface area contributed by atoms with Gasteiger partial charge in [0.05, 0.1) is 25.3 Å². The summed E-state index contributed by atoms with van der Waals surface area (Å²) in [7, 11) is 4.77. The number of fused-ring (bicyclic) bond motifs is 1. The lowest BCUT2D eigenvalue weighted by Gasteiger charge is -2.35. The lowest BCUT2D eigenvalue weighted by Crippen LogP contribution is -2.40. The predicted octanol–water partition coefficient (Wildman–Crippen LogP) is 7.19. The van der Waals surface area contributed by atoms with E-state index < -0.39 is 11.7 Å². The van der Waals surface area contributed by atoms with Crippen molar-refractivity contribution in [1.29, 1.82) is 0 Å². The van der Waals surface area contributed by atoms with E-state index in [1.54, 1.807) is 51.7 Å². The van der Waals surface area contributed by atoms with Crippen LogP contribution in [-0.4, -0.2) is 45.4 Å². The summed E-state index contributed by atoms with van der Waals surface area (Å²) in [6.45, 7) is 1.04. The van der Waals surface area contributed by atoms with E-state index in [1.165, 1.54) is 6.07 Å². The van der Waals surface area contributed by atoms with E-state index in [9.17, 15) is 13.2 Å². The van der Waals surface area contributed by atoms with Crippen LogP contribution in [0.3, 0.4) is 0 Å². The van der Waals surface area contributed by atoms with Crippen molar-refractivity contribution in [1.82, 2.24) is 4.98 Å². The molecule has 0 aliphatic carbocycles. The largest absolute Gasteiger partial charge is 0.493 e. The van der Waals surface area contributed by atoms with Crippen molar-refractivity contribution in [3.8, 4) is 23.0 Å². The Morgan fingerprint density at radius 1 is 0.875 bits per heavy atom. The Labute approximate surface area is 230 Å². The number of benzene rings is 3. The first-order valence-electron chi connectivity index (χ1n) is 13.0. The summed E-state index contributed by atoms with van der Waals surface area (Å²) in [4.78, 5) is 6.24. The van der Waals surface area contributed by atoms with Crippen LogP contribution in [0.15, 0.2) is 66.9 Å². The topological polar surface area (TPSA) is 67.9 Å². The van der Waals surface area contributed by atoms with Crippen molar-refractivity contribution in [3.05, 3.63) is 72.4 Å². The van der Waals surface area contributed by atoms with Gasteiger partial charge < -0.3 is 29.7 Å². The number of hydrogen-bond donors (Lipinski definition) is 2. The smallest absolute Gasteiger partial charge is 0.418 e. The maximum absolute atomic E-state index is 13.7. The molecule has 0 radical (unpaired) electrons. The minimum atomic E-state index is -4.42. The summed E-state index contributed by atoms with van der Waals surface area (Å²) >= 11 is 0. The third-order valence-corrected chi connectivity index (χ3v) is 7.07. The molecule has 10 heteroatoms. The molecule has 5 rings (SSSR count). The number of anilines is 3. The highest BCUT2D eigenvalue weighted by atomic mass is 19.4. The number of rotatable bonds is 8. The molecule has 0 saturated carbocycles. The highest BCUT2D eigenvalue weighted by molar-refractivity contribution is 5.88. The van der Waals surface area contributed by atoms with Crippen molar-refractivity contribution in [3.63, 3.8) is 0 Å². The van der Waals surface area contributed by atoms with Crippen molar-refractivity contribution in [2.45, 2.75) is 25.1 Å². The molecule has 1 aliphatic heterocycles. The molecule has 1 aliphatic rings. The Kier molecular flexibility index (Phi) is 7.77. The fraction of sp³-hybridized carbons (Fsp3) is 0.300. The number of nitrogens with zero attached hydrogens (tertiary/aromatic N) is 2. The van der Waals surface area contributed by atoms with Gasteiger partial charge in [-0.3, -0.25) is 4.98 Å². The molecule has 1 fully saturated rings. The summed E-state index contributed by atoms with van der Waals surface area (Å²) in [6.07, 6.45) is -1.34. The molecule has 210 valence electrons. The van der Waals surface area contributed by atoms with Crippen molar-refractivity contribution < 1.29 is 27.4 Å². The van der Waals surface area contributed by atoms with E-state index in [4.69, 9.17) is 14.2 Å². The van der Waals surface area contributed by atoms with Crippen LogP contribution in [0.25, 0.3) is 10.9 Å². The van der Waals surface area contributed by atoms with Gasteiger partial charge in [0, 0.05) is 67.0 Å². The normalized spacial score (nSPS) is 14.2. The maximum Gasteiger partial charge on any atom is 0.418 e. The standard InChI is InChI=1S/C30H31F3N4O3/c1-34-20-7-8-26(24(16-20)30(31,32)33)37-13-10-19(11-14-37)36-21-5-4-6-22(15-21)40-27-9-12-35-25-18-29(39-3)28(38-2)17-23(25)27/h4-9,12,15-19,34,36H,10-11,13-14H2,1-3H3. The Bertz CT molecular complexity index is 1490. The summed E-state index contributed by atoms with van der Waals surface area (Å²) in [5.74, 6) is 2.43. The number of hydrogen-bond acceptors (Lipinski definition) is 7. The maximum atomic E-state index is 13.7. The van der Waals surface area contributed by atoms with Gasteiger partial charge in [-0.2, -0.15) is 13.2 Å². The lowest BCUT2D eigenvalue weighted by molar-refractivity contribution is -0.137. The van der Waals surface area contributed by atoms with Crippen LogP contribution in [0.5, 0.6) is 23.0 Å². The zero-order chi connectivity index (χ0) is 28.3. The van der Waals surface area contributed by atoms with Gasteiger partial charge in [0.25, 0.3) is 0 Å². The van der Waals surface area contributed by atoms with Crippen molar-refractivity contribution in [2.24, 2.45) is 0 Å². The van der Waals surface area contributed by atoms with Crippen molar-refractivity contribution >= 4 is 28.0 Å². The number of piperidine rings is 1. The van der Waals surface area contributed by atoms with Crippen LogP contribution in [0.4, 0.5) is 30.2 Å². The second-order valence-electron chi connectivity index (χ2n) is 9.55. The molecule has 40 heavy (non-hydrogen) atoms. The molecule has 0 atom stereocenters. The molecule has 1 aromatic heterocycles. The predicted molar refractivity (Wildman–Crippen MR) is 151 cm³/mol. The van der Waals surface area contributed by atoms with Crippen LogP contribution in [0.2, 0.25) is 0 Å². The van der Waals surface area contributed by atoms with Gasteiger partial charge in [-0.25, -0.2) is 0 Å². The number of halogens is 3. The third kappa shape index (κ3) is 5.80. The average Bonchev–Trinajstić information content (AvgIpc) is 2.96. The number of nitrogens with one attached hydrogen (secondary N) is 2. The minimum Gasteiger partial charge on any atom is -0.493 e. The van der Waals surface area contributed by atoms with Gasteiger partial charge in [-0.05, 0) is 55.3 Å². The van der Waals surface area contributed by atoms with Crippen LogP contribution in [0, 0.1) is 0 Å². The molecule has 2 heterocycles. The molecular formula is C30H31F3N4O3. The van der Waals surface area contributed by atoms with Gasteiger partial charge in [0.2, 0.25) is 0 Å². The SMILES string of the molecule is CNc1ccc(N2CCC(Nc3cccc(Oc4ccnc5cc(OC)c(OC)cc45)c3)CC2)c(C(F)(F)F)c1. The van der Waals surface area contributed by atoms with Gasteiger partial charge in [0.1, 0.15) is 11.5 Å². The molecule has 2 N–H and O–H groups in total. The number of aromatic nitrogens is 1. The van der Waals surface area contributed by atoms with E-state index in [2.05, 4.69) is 15.6 Å². The van der Waals surface area contributed by atoms with Gasteiger partial charge in [-0.1, -0.05) is 6.07 Å². The van der Waals surface area contributed by atoms with Crippen LogP contribution in [-0.2, 0) is 6.18 Å². The molecule has 3 aromatic carbocycles. The zero-order valence-corrected chi connectivity index (χ0v) is 22.5. The Balaban J connectivity index is 1.27. The second kappa shape index (κ2) is 11.4. The molecule has 7 nitrogen and oxygen atoms in total. The van der Waals surface area contributed by atoms with E-state index in [0.29, 0.717) is 60.1 Å². The van der Waals surface area contributed by atoms with E-state index >= 15 is 0 Å². The molecular weight excluding hydrogens is 521 g/mol. The summed E-state index contributed by atoms with van der Waals surface area (Å²) in [5, 5.41) is 7.10. The van der Waals surface area contributed by atoms with Crippen molar-refractivity contribution in [2.75, 3.05) is 49.9 Å². The number of ether oxygens (including phenoxy) is 3. The quantitative estimate of drug-likeness (QED) is 0.240. The highest BCUT2D eigenvalue weighted by Gasteiger charge is 2.36. The first kappa shape index (κ1) is 27.2. The first-order chi connectivity index (χ1) is 19.3. The Hall–Kier alpha value is -4.34. The van der Waals surface area contributed by atoms with Gasteiger partial charge >= 0.3 is 6.18 Å². The number of methoxy groups -OCH3 is 2. The van der Waals surface area contributed by atoms with E-state index in [1.807, 2.05) is 35.2 Å². The molecule has 0 unspecified atom stereocenters. The van der Waals surface area contributed by atoms with Crippen LogP contribution < -0.4 is 29.7 Å². The Morgan fingerprint density at radius 3 is 2.33 bits per heavy atom. The van der Waals surface area contributed by atoms with Gasteiger partial charge in [0.15, 0.2) is 11.5 Å². The fourth-order valence-electron chi connectivity index (χ4n) is 5.01. The second-order valence-corrected chi connectivity index (χ2v) is 9.55. The monoisotopic (exact) mass is 552 g/mol. The summed E-state index contributed by atoms with van der Waals surface area (Å²) in [6, 6.07) is 17.6. The lowest BCUT2D eigenvalue weighted by atomic mass is 10.0. The minimum absolute atomic E-state index is 0.121. The molecule has 0 spiro atoms. The molecule has 0 amide bonds. The Morgan fingerprint density at radius 2 is 1.62 bits per heavy atom. The molecule has 0 bridgehead atoms. The number of pyridine rings is 1. The molecule has 1 saturated heterocycles. The zero-order valence-electron chi connectivity index (χ0n) is 22.5. The summed E-state index contributed by atoms with van der Waals surface area (Å²) in [5.41, 5.74) is 1.64. The fourth-order valence-corrected chi connectivity index (χ4v) is 5.01. The number of alkyl halides is 3.